The maximum Gasteiger partial charge on any atom is 0.166 e. The van der Waals surface area contributed by atoms with Crippen LogP contribution in [-0.2, 0) is 6.61 Å². The Morgan fingerprint density at radius 2 is 1.58 bits per heavy atom. The van der Waals surface area contributed by atoms with Gasteiger partial charge in [0.2, 0.25) is 0 Å². The largest absolute Gasteiger partial charge is 0.486 e. The number of rotatable bonds is 3. The van der Waals surface area contributed by atoms with Gasteiger partial charge in [-0.2, -0.15) is 10.5 Å². The second-order valence-corrected chi connectivity index (χ2v) is 3.85. The third-order valence-electron chi connectivity index (χ3n) is 2.54. The first-order valence-electron chi connectivity index (χ1n) is 5.54. The van der Waals surface area contributed by atoms with Gasteiger partial charge in [0, 0.05) is 0 Å². The number of benzene rings is 2. The van der Waals surface area contributed by atoms with Crippen LogP contribution in [0.15, 0.2) is 42.5 Å². The summed E-state index contributed by atoms with van der Waals surface area (Å²) < 4.78 is 18.9. The summed E-state index contributed by atoms with van der Waals surface area (Å²) in [7, 11) is 0. The molecule has 0 aliphatic rings. The minimum atomic E-state index is -0.562. The highest BCUT2D eigenvalue weighted by Crippen LogP contribution is 2.19. The summed E-state index contributed by atoms with van der Waals surface area (Å²) in [4.78, 5) is 0. The molecule has 19 heavy (non-hydrogen) atoms. The van der Waals surface area contributed by atoms with Crippen molar-refractivity contribution in [3.8, 4) is 17.9 Å². The van der Waals surface area contributed by atoms with Gasteiger partial charge in [0.05, 0.1) is 23.3 Å². The summed E-state index contributed by atoms with van der Waals surface area (Å²) in [6.07, 6.45) is 0. The second-order valence-electron chi connectivity index (χ2n) is 3.85. The highest BCUT2D eigenvalue weighted by atomic mass is 19.1. The number of ether oxygens (including phenoxy) is 1. The van der Waals surface area contributed by atoms with Crippen LogP contribution < -0.4 is 4.74 Å². The van der Waals surface area contributed by atoms with Crippen LogP contribution in [0.3, 0.4) is 0 Å². The molecule has 0 atom stereocenters. The molecule has 0 saturated heterocycles. The Morgan fingerprint density at radius 1 is 0.947 bits per heavy atom. The van der Waals surface area contributed by atoms with E-state index in [1.165, 1.54) is 12.1 Å². The highest BCUT2D eigenvalue weighted by molar-refractivity contribution is 5.36. The quantitative estimate of drug-likeness (QED) is 0.843. The minimum Gasteiger partial charge on any atom is -0.486 e. The van der Waals surface area contributed by atoms with Crippen LogP contribution >= 0.6 is 0 Å². The Bertz CT molecular complexity index is 666. The van der Waals surface area contributed by atoms with Gasteiger partial charge < -0.3 is 4.74 Å². The molecular weight excluding hydrogens is 243 g/mol. The molecule has 2 rings (SSSR count). The molecule has 0 aliphatic heterocycles. The summed E-state index contributed by atoms with van der Waals surface area (Å²) in [5.41, 5.74) is 1.65. The molecule has 0 N–H and O–H groups in total. The van der Waals surface area contributed by atoms with E-state index in [0.29, 0.717) is 5.56 Å². The highest BCUT2D eigenvalue weighted by Gasteiger charge is 2.05. The van der Waals surface area contributed by atoms with E-state index >= 15 is 0 Å². The topological polar surface area (TPSA) is 56.8 Å². The normalized spacial score (nSPS) is 9.42. The average Bonchev–Trinajstić information content (AvgIpc) is 2.46. The molecule has 0 bridgehead atoms. The summed E-state index contributed by atoms with van der Waals surface area (Å²) in [5.74, 6) is -0.462. The third kappa shape index (κ3) is 3.08. The average molecular weight is 252 g/mol. The van der Waals surface area contributed by atoms with Crippen LogP contribution in [-0.4, -0.2) is 0 Å². The molecular formula is C15H9FN2O. The summed E-state index contributed by atoms with van der Waals surface area (Å²) >= 11 is 0. The van der Waals surface area contributed by atoms with E-state index in [-0.39, 0.29) is 17.9 Å². The molecule has 0 heterocycles. The van der Waals surface area contributed by atoms with Crippen molar-refractivity contribution in [2.75, 3.05) is 0 Å². The van der Waals surface area contributed by atoms with Gasteiger partial charge in [0.15, 0.2) is 11.6 Å². The van der Waals surface area contributed by atoms with Crippen molar-refractivity contribution in [3.05, 3.63) is 65.0 Å². The monoisotopic (exact) mass is 252 g/mol. The lowest BCUT2D eigenvalue weighted by atomic mass is 10.1. The maximum atomic E-state index is 13.5. The first-order chi connectivity index (χ1) is 9.22. The van der Waals surface area contributed by atoms with E-state index in [1.54, 1.807) is 24.3 Å². The lowest BCUT2D eigenvalue weighted by molar-refractivity contribution is 0.290. The number of hydrogen-bond donors (Lipinski definition) is 0. The molecule has 0 aliphatic carbocycles. The van der Waals surface area contributed by atoms with E-state index in [1.807, 2.05) is 12.1 Å². The molecule has 3 nitrogen and oxygen atoms in total. The number of hydrogen-bond acceptors (Lipinski definition) is 3. The second kappa shape index (κ2) is 5.66. The van der Waals surface area contributed by atoms with Crippen LogP contribution in [0.4, 0.5) is 4.39 Å². The van der Waals surface area contributed by atoms with Gasteiger partial charge in [0.1, 0.15) is 6.61 Å². The molecule has 0 spiro atoms. The van der Waals surface area contributed by atoms with Crippen molar-refractivity contribution >= 4 is 0 Å². The summed E-state index contributed by atoms with van der Waals surface area (Å²) in [6, 6.07) is 14.8. The molecule has 0 saturated carbocycles. The van der Waals surface area contributed by atoms with E-state index in [4.69, 9.17) is 15.3 Å². The van der Waals surface area contributed by atoms with Crippen molar-refractivity contribution in [1.82, 2.24) is 0 Å². The fourth-order valence-corrected chi connectivity index (χ4v) is 1.52. The van der Waals surface area contributed by atoms with E-state index in [9.17, 15) is 4.39 Å². The number of nitrogens with zero attached hydrogens (tertiary/aromatic N) is 2. The predicted molar refractivity (Wildman–Crippen MR) is 66.6 cm³/mol. The summed E-state index contributed by atoms with van der Waals surface area (Å²) in [6.45, 7) is 0.203. The van der Waals surface area contributed by atoms with Crippen molar-refractivity contribution in [3.63, 3.8) is 0 Å². The minimum absolute atomic E-state index is 0.100. The van der Waals surface area contributed by atoms with Crippen molar-refractivity contribution in [2.24, 2.45) is 0 Å². The van der Waals surface area contributed by atoms with Crippen LogP contribution in [0.1, 0.15) is 16.7 Å². The van der Waals surface area contributed by atoms with Gasteiger partial charge in [-0.1, -0.05) is 12.1 Å². The van der Waals surface area contributed by atoms with E-state index < -0.39 is 5.82 Å². The zero-order valence-corrected chi connectivity index (χ0v) is 9.93. The first kappa shape index (κ1) is 12.6. The smallest absolute Gasteiger partial charge is 0.166 e. The van der Waals surface area contributed by atoms with Gasteiger partial charge >= 0.3 is 0 Å². The molecule has 0 amide bonds. The Kier molecular flexibility index (Phi) is 3.75. The third-order valence-corrected chi connectivity index (χ3v) is 2.54. The molecule has 0 aromatic heterocycles. The van der Waals surface area contributed by atoms with Crippen LogP contribution in [0.25, 0.3) is 0 Å². The van der Waals surface area contributed by atoms with Gasteiger partial charge in [-0.3, -0.25) is 0 Å². The standard InChI is InChI=1S/C15H9FN2O/c16-14-7-13(9-18)5-6-15(14)19-10-12-3-1-11(8-17)2-4-12/h1-7H,10H2. The Hall–Kier alpha value is -2.85. The van der Waals surface area contributed by atoms with Gasteiger partial charge in [-0.05, 0) is 35.9 Å². The number of halogens is 1. The van der Waals surface area contributed by atoms with Crippen molar-refractivity contribution < 1.29 is 9.13 Å². The molecule has 0 radical (unpaired) electrons. The fourth-order valence-electron chi connectivity index (χ4n) is 1.52. The van der Waals surface area contributed by atoms with Gasteiger partial charge in [0.25, 0.3) is 0 Å². The van der Waals surface area contributed by atoms with Crippen LogP contribution in [0.2, 0.25) is 0 Å². The SMILES string of the molecule is N#Cc1ccc(COc2ccc(C#N)cc2F)cc1. The Morgan fingerprint density at radius 3 is 2.16 bits per heavy atom. The first-order valence-corrected chi connectivity index (χ1v) is 5.54. The molecule has 0 unspecified atom stereocenters. The fraction of sp³-hybridized carbons (Fsp3) is 0.0667. The summed E-state index contributed by atoms with van der Waals surface area (Å²) in [5, 5.41) is 17.3. The lowest BCUT2D eigenvalue weighted by Gasteiger charge is -2.07. The van der Waals surface area contributed by atoms with Gasteiger partial charge in [-0.25, -0.2) is 4.39 Å². The van der Waals surface area contributed by atoms with Crippen molar-refractivity contribution in [2.45, 2.75) is 6.61 Å². The Balaban J connectivity index is 2.06. The van der Waals surface area contributed by atoms with E-state index in [2.05, 4.69) is 0 Å². The zero-order chi connectivity index (χ0) is 13.7. The van der Waals surface area contributed by atoms with Crippen LogP contribution in [0.5, 0.6) is 5.75 Å². The number of nitriles is 2. The predicted octanol–water partition coefficient (Wildman–Crippen LogP) is 3.15. The molecule has 92 valence electrons. The molecule has 4 heteroatoms. The van der Waals surface area contributed by atoms with Crippen LogP contribution in [0, 0.1) is 28.5 Å². The molecule has 2 aromatic carbocycles. The molecule has 0 fully saturated rings. The van der Waals surface area contributed by atoms with E-state index in [0.717, 1.165) is 11.6 Å². The van der Waals surface area contributed by atoms with Crippen molar-refractivity contribution in [1.29, 1.82) is 10.5 Å². The molecule has 2 aromatic rings. The van der Waals surface area contributed by atoms with Gasteiger partial charge in [-0.15, -0.1) is 0 Å². The zero-order valence-electron chi connectivity index (χ0n) is 9.93. The maximum absolute atomic E-state index is 13.5. The lowest BCUT2D eigenvalue weighted by Crippen LogP contribution is -1.97. The Labute approximate surface area is 110 Å².